The first-order valence-corrected chi connectivity index (χ1v) is 7.30. The highest BCUT2D eigenvalue weighted by Gasteiger charge is 2.33. The molecule has 1 saturated heterocycles. The van der Waals surface area contributed by atoms with E-state index in [1.165, 1.54) is 8.61 Å². The molecular formula is C11H13ClN2O3S. The van der Waals surface area contributed by atoms with E-state index in [0.717, 1.165) is 0 Å². The molecular weight excluding hydrogens is 276 g/mol. The van der Waals surface area contributed by atoms with Crippen molar-refractivity contribution in [2.75, 3.05) is 23.9 Å². The highest BCUT2D eigenvalue weighted by molar-refractivity contribution is 7.90. The lowest BCUT2D eigenvalue weighted by Gasteiger charge is -2.34. The van der Waals surface area contributed by atoms with Crippen LogP contribution < -0.4 is 4.31 Å². The van der Waals surface area contributed by atoms with Crippen molar-refractivity contribution in [3.63, 3.8) is 0 Å². The molecule has 0 N–H and O–H groups in total. The summed E-state index contributed by atoms with van der Waals surface area (Å²) in [6, 6.07) is 6.60. The number of nitrogens with zero attached hydrogens (tertiary/aromatic N) is 2. The molecule has 7 heteroatoms. The van der Waals surface area contributed by atoms with Crippen LogP contribution in [0.5, 0.6) is 0 Å². The van der Waals surface area contributed by atoms with Crippen LogP contribution >= 0.6 is 11.6 Å². The number of halogens is 1. The molecule has 0 aromatic heterocycles. The highest BCUT2D eigenvalue weighted by atomic mass is 35.5. The summed E-state index contributed by atoms with van der Waals surface area (Å²) < 4.78 is 27.0. The van der Waals surface area contributed by atoms with E-state index < -0.39 is 10.2 Å². The molecule has 0 atom stereocenters. The quantitative estimate of drug-likeness (QED) is 0.788. The van der Waals surface area contributed by atoms with Crippen LogP contribution in [0, 0.1) is 0 Å². The molecule has 2 rings (SSSR count). The molecule has 18 heavy (non-hydrogen) atoms. The van der Waals surface area contributed by atoms with E-state index in [1.54, 1.807) is 24.3 Å². The molecule has 0 saturated carbocycles. The van der Waals surface area contributed by atoms with E-state index in [1.807, 2.05) is 0 Å². The zero-order valence-corrected chi connectivity index (χ0v) is 11.2. The first-order chi connectivity index (χ1) is 8.55. The standard InChI is InChI=1S/C11H13ClN2O3S/c12-10-2-4-11(5-3-10)14-7-1-6-13(8-9-15)18(14,16)17/h2-5,9H,1,6-8H2. The van der Waals surface area contributed by atoms with Gasteiger partial charge in [0.25, 0.3) is 0 Å². The molecule has 1 aliphatic heterocycles. The summed E-state index contributed by atoms with van der Waals surface area (Å²) in [5.74, 6) is 0. The van der Waals surface area contributed by atoms with Gasteiger partial charge in [0.2, 0.25) is 0 Å². The summed E-state index contributed by atoms with van der Waals surface area (Å²) in [5, 5.41) is 0.554. The Labute approximate surface area is 111 Å². The van der Waals surface area contributed by atoms with Gasteiger partial charge in [-0.05, 0) is 30.7 Å². The summed E-state index contributed by atoms with van der Waals surface area (Å²) in [7, 11) is -3.60. The Balaban J connectivity index is 2.32. The predicted molar refractivity (Wildman–Crippen MR) is 70.0 cm³/mol. The van der Waals surface area contributed by atoms with Crippen molar-refractivity contribution >= 4 is 33.8 Å². The molecule has 98 valence electrons. The van der Waals surface area contributed by atoms with E-state index >= 15 is 0 Å². The van der Waals surface area contributed by atoms with Crippen LogP contribution in [0.4, 0.5) is 5.69 Å². The van der Waals surface area contributed by atoms with Gasteiger partial charge in [0, 0.05) is 18.1 Å². The number of aldehydes is 1. The Morgan fingerprint density at radius 3 is 2.50 bits per heavy atom. The minimum atomic E-state index is -3.60. The van der Waals surface area contributed by atoms with Gasteiger partial charge in [-0.25, -0.2) is 0 Å². The molecule has 5 nitrogen and oxygen atoms in total. The molecule has 0 bridgehead atoms. The number of hydrogen-bond acceptors (Lipinski definition) is 3. The molecule has 0 spiro atoms. The molecule has 1 heterocycles. The van der Waals surface area contributed by atoms with Gasteiger partial charge in [0.15, 0.2) is 0 Å². The van der Waals surface area contributed by atoms with Crippen LogP contribution in [0.1, 0.15) is 6.42 Å². The Morgan fingerprint density at radius 2 is 1.89 bits per heavy atom. The molecule has 0 aliphatic carbocycles. The van der Waals surface area contributed by atoms with E-state index in [2.05, 4.69) is 0 Å². The number of benzene rings is 1. The number of hydrogen-bond donors (Lipinski definition) is 0. The Bertz CT molecular complexity index is 530. The smallest absolute Gasteiger partial charge is 0.302 e. The van der Waals surface area contributed by atoms with Crippen molar-refractivity contribution in [2.45, 2.75) is 6.42 Å². The second kappa shape index (κ2) is 5.26. The Kier molecular flexibility index (Phi) is 3.89. The lowest BCUT2D eigenvalue weighted by molar-refractivity contribution is -0.108. The maximum absolute atomic E-state index is 12.2. The van der Waals surface area contributed by atoms with Gasteiger partial charge >= 0.3 is 10.2 Å². The van der Waals surface area contributed by atoms with Crippen molar-refractivity contribution in [3.8, 4) is 0 Å². The fourth-order valence-corrected chi connectivity index (χ4v) is 3.66. The van der Waals surface area contributed by atoms with Crippen LogP contribution in [0.25, 0.3) is 0 Å². The van der Waals surface area contributed by atoms with Gasteiger partial charge in [-0.3, -0.25) is 4.31 Å². The zero-order valence-electron chi connectivity index (χ0n) is 9.62. The van der Waals surface area contributed by atoms with Gasteiger partial charge in [-0.2, -0.15) is 12.7 Å². The van der Waals surface area contributed by atoms with Crippen molar-refractivity contribution in [3.05, 3.63) is 29.3 Å². The summed E-state index contributed by atoms with van der Waals surface area (Å²) in [5.41, 5.74) is 0.565. The average molecular weight is 289 g/mol. The van der Waals surface area contributed by atoms with Crippen molar-refractivity contribution in [1.82, 2.24) is 4.31 Å². The maximum atomic E-state index is 12.2. The monoisotopic (exact) mass is 288 g/mol. The van der Waals surface area contributed by atoms with Crippen LogP contribution in [-0.2, 0) is 15.0 Å². The minimum Gasteiger partial charge on any atom is -0.302 e. The summed E-state index contributed by atoms with van der Waals surface area (Å²) in [4.78, 5) is 10.5. The zero-order chi connectivity index (χ0) is 13.2. The van der Waals surface area contributed by atoms with E-state index in [-0.39, 0.29) is 6.54 Å². The third-order valence-electron chi connectivity index (χ3n) is 2.77. The molecule has 0 amide bonds. The third-order valence-corrected chi connectivity index (χ3v) is 4.95. The summed E-state index contributed by atoms with van der Waals surface area (Å²) in [6.45, 7) is 0.691. The van der Waals surface area contributed by atoms with E-state index in [9.17, 15) is 13.2 Å². The van der Waals surface area contributed by atoms with E-state index in [4.69, 9.17) is 11.6 Å². The molecule has 1 aliphatic rings. The molecule has 1 fully saturated rings. The summed E-state index contributed by atoms with van der Waals surface area (Å²) >= 11 is 5.78. The predicted octanol–water partition coefficient (Wildman–Crippen LogP) is 1.30. The average Bonchev–Trinajstić information content (AvgIpc) is 2.33. The number of anilines is 1. The largest absolute Gasteiger partial charge is 0.304 e. The first kappa shape index (κ1) is 13.3. The Morgan fingerprint density at radius 1 is 1.22 bits per heavy atom. The van der Waals surface area contributed by atoms with Gasteiger partial charge in [0.05, 0.1) is 12.2 Å². The number of carbonyl (C=O) groups excluding carboxylic acids is 1. The van der Waals surface area contributed by atoms with Crippen molar-refractivity contribution in [1.29, 1.82) is 0 Å². The van der Waals surface area contributed by atoms with E-state index in [0.29, 0.717) is 36.5 Å². The van der Waals surface area contributed by atoms with Gasteiger partial charge < -0.3 is 4.79 Å². The normalized spacial score (nSPS) is 19.7. The van der Waals surface area contributed by atoms with Crippen LogP contribution in [0.2, 0.25) is 5.02 Å². The maximum Gasteiger partial charge on any atom is 0.304 e. The van der Waals surface area contributed by atoms with Crippen LogP contribution in [-0.4, -0.2) is 38.6 Å². The number of carbonyl (C=O) groups is 1. The second-order valence-corrected chi connectivity index (χ2v) is 6.22. The van der Waals surface area contributed by atoms with Gasteiger partial charge in [0.1, 0.15) is 6.29 Å². The second-order valence-electron chi connectivity index (χ2n) is 3.93. The molecule has 1 aromatic carbocycles. The third kappa shape index (κ3) is 2.50. The lowest BCUT2D eigenvalue weighted by Crippen LogP contribution is -2.50. The molecule has 0 radical (unpaired) electrons. The highest BCUT2D eigenvalue weighted by Crippen LogP contribution is 2.25. The van der Waals surface area contributed by atoms with Crippen LogP contribution in [0.15, 0.2) is 24.3 Å². The van der Waals surface area contributed by atoms with Gasteiger partial charge in [-0.1, -0.05) is 11.6 Å². The fourth-order valence-electron chi connectivity index (χ4n) is 1.90. The SMILES string of the molecule is O=CCN1CCCN(c2ccc(Cl)cc2)S1(=O)=O. The van der Waals surface area contributed by atoms with Crippen LogP contribution in [0.3, 0.4) is 0 Å². The van der Waals surface area contributed by atoms with Crippen molar-refractivity contribution < 1.29 is 13.2 Å². The first-order valence-electron chi connectivity index (χ1n) is 5.53. The lowest BCUT2D eigenvalue weighted by atomic mass is 10.3. The number of rotatable bonds is 3. The topological polar surface area (TPSA) is 57.7 Å². The summed E-state index contributed by atoms with van der Waals surface area (Å²) in [6.07, 6.45) is 1.29. The van der Waals surface area contributed by atoms with Gasteiger partial charge in [-0.15, -0.1) is 0 Å². The molecule has 0 unspecified atom stereocenters. The fraction of sp³-hybridized carbons (Fsp3) is 0.364. The molecule has 1 aromatic rings. The minimum absolute atomic E-state index is 0.105. The van der Waals surface area contributed by atoms with Crippen molar-refractivity contribution in [2.24, 2.45) is 0 Å². The Hall–Kier alpha value is -1.11.